The molecule has 0 heterocycles. The maximum absolute atomic E-state index is 11.9. The number of hydrogen-bond donors (Lipinski definition) is 2. The molecule has 0 saturated heterocycles. The fourth-order valence-corrected chi connectivity index (χ4v) is 3.59. The molecule has 0 radical (unpaired) electrons. The number of benzene rings is 1. The minimum absolute atomic E-state index is 0. The maximum atomic E-state index is 11.9. The van der Waals surface area contributed by atoms with Crippen molar-refractivity contribution in [3.05, 3.63) is 24.3 Å². The zero-order chi connectivity index (χ0) is 17.0. The topological polar surface area (TPSA) is 150 Å². The first-order chi connectivity index (χ1) is 9.89. The normalized spacial score (nSPS) is 12.4. The van der Waals surface area contributed by atoms with Crippen molar-refractivity contribution in [1.82, 2.24) is 4.72 Å². The van der Waals surface area contributed by atoms with Gasteiger partial charge in [-0.15, -0.1) is 0 Å². The van der Waals surface area contributed by atoms with Crippen LogP contribution in [0, 0.1) is 0 Å². The quantitative estimate of drug-likeness (QED) is 0.268. The van der Waals surface area contributed by atoms with E-state index in [2.05, 4.69) is 9.44 Å². The number of anilines is 1. The Labute approximate surface area is 147 Å². The Morgan fingerprint density at radius 2 is 1.52 bits per heavy atom. The van der Waals surface area contributed by atoms with Gasteiger partial charge < -0.3 is 4.55 Å². The molecule has 0 saturated carbocycles. The smallest absolute Gasteiger partial charge is 0.748 e. The monoisotopic (exact) mass is 378 g/mol. The fraction of sp³-hybridized carbons (Fsp3) is 0.400. The summed E-state index contributed by atoms with van der Waals surface area (Å²) in [5.74, 6) is -0.660. The Balaban J connectivity index is 0.00000484. The summed E-state index contributed by atoms with van der Waals surface area (Å²) in [7, 11) is -11.7. The van der Waals surface area contributed by atoms with Gasteiger partial charge in [0.05, 0.1) is 21.3 Å². The van der Waals surface area contributed by atoms with Crippen LogP contribution in [0.1, 0.15) is 6.42 Å². The van der Waals surface area contributed by atoms with Gasteiger partial charge in [0.25, 0.3) is 0 Å². The number of sulfonamides is 2. The summed E-state index contributed by atoms with van der Waals surface area (Å²) in [6, 6.07) is 4.94. The van der Waals surface area contributed by atoms with Crippen molar-refractivity contribution in [2.75, 3.05) is 23.3 Å². The minimum atomic E-state index is -4.38. The Morgan fingerprint density at radius 1 is 1.00 bits per heavy atom. The molecule has 2 N–H and O–H groups in total. The fourth-order valence-electron chi connectivity index (χ4n) is 1.46. The van der Waals surface area contributed by atoms with Gasteiger partial charge in [0.15, 0.2) is 0 Å². The average Bonchev–Trinajstić information content (AvgIpc) is 2.32. The van der Waals surface area contributed by atoms with E-state index in [9.17, 15) is 29.8 Å². The van der Waals surface area contributed by atoms with Crippen molar-refractivity contribution in [2.45, 2.75) is 11.3 Å². The van der Waals surface area contributed by atoms with E-state index in [0.29, 0.717) is 0 Å². The molecule has 13 heteroatoms. The molecule has 0 aromatic heterocycles. The van der Waals surface area contributed by atoms with Crippen molar-refractivity contribution in [3.8, 4) is 0 Å². The van der Waals surface area contributed by atoms with Crippen LogP contribution in [0.15, 0.2) is 29.2 Å². The Kier molecular flexibility index (Phi) is 8.25. The van der Waals surface area contributed by atoms with Crippen LogP contribution >= 0.6 is 0 Å². The van der Waals surface area contributed by atoms with Crippen LogP contribution in [0.2, 0.25) is 0 Å². The third-order valence-electron chi connectivity index (χ3n) is 2.33. The van der Waals surface area contributed by atoms with E-state index in [1.807, 2.05) is 0 Å². The molecule has 0 unspecified atom stereocenters. The predicted octanol–water partition coefficient (Wildman–Crippen LogP) is -3.72. The van der Waals surface area contributed by atoms with Crippen LogP contribution in [0.25, 0.3) is 0 Å². The summed E-state index contributed by atoms with van der Waals surface area (Å²) in [6.45, 7) is -0.201. The third-order valence-corrected chi connectivity index (χ3v) is 5.20. The summed E-state index contributed by atoms with van der Waals surface area (Å²) >= 11 is 0. The van der Waals surface area contributed by atoms with E-state index >= 15 is 0 Å². The molecule has 0 fully saturated rings. The summed E-state index contributed by atoms with van der Waals surface area (Å²) < 4.78 is 81.3. The van der Waals surface area contributed by atoms with E-state index in [1.165, 1.54) is 24.3 Å². The first-order valence-electron chi connectivity index (χ1n) is 5.90. The zero-order valence-electron chi connectivity index (χ0n) is 12.5. The van der Waals surface area contributed by atoms with E-state index < -0.39 is 35.9 Å². The molecule has 0 aliphatic heterocycles. The second-order valence-electron chi connectivity index (χ2n) is 4.41. The van der Waals surface area contributed by atoms with Gasteiger partial charge >= 0.3 is 18.9 Å². The van der Waals surface area contributed by atoms with Gasteiger partial charge in [-0.1, -0.05) is 0 Å². The van der Waals surface area contributed by atoms with E-state index in [4.69, 9.17) is 0 Å². The Bertz CT molecular complexity index is 818. The Hall–Kier alpha value is -0.613. The first-order valence-corrected chi connectivity index (χ1v) is 10.9. The number of rotatable bonds is 8. The molecule has 126 valence electrons. The largest absolute Gasteiger partial charge is 1.00 e. The van der Waals surface area contributed by atoms with Gasteiger partial charge in [-0.05, 0) is 30.7 Å². The summed E-state index contributed by atoms with van der Waals surface area (Å²) in [5.41, 5.74) is 0.207. The van der Waals surface area contributed by atoms with Crippen LogP contribution < -0.4 is 28.3 Å². The Morgan fingerprint density at radius 3 is 1.96 bits per heavy atom. The molecule has 9 nitrogen and oxygen atoms in total. The van der Waals surface area contributed by atoms with Gasteiger partial charge in [0.1, 0.15) is 0 Å². The summed E-state index contributed by atoms with van der Waals surface area (Å²) in [4.78, 5) is -0.114. The molecular formula is C10H15LiN2O7S3. The van der Waals surface area contributed by atoms with Crippen molar-refractivity contribution < 1.29 is 48.7 Å². The van der Waals surface area contributed by atoms with Crippen molar-refractivity contribution in [2.24, 2.45) is 0 Å². The first kappa shape index (κ1) is 22.4. The molecule has 1 rings (SSSR count). The second-order valence-corrected chi connectivity index (χ2v) is 9.45. The van der Waals surface area contributed by atoms with Gasteiger partial charge in [0, 0.05) is 18.0 Å². The van der Waals surface area contributed by atoms with Gasteiger partial charge in [-0.2, -0.15) is 0 Å². The molecule has 0 spiro atoms. The molecule has 1 aromatic carbocycles. The SMILES string of the molecule is CS(=O)(=O)Nc1ccc(S(=O)(=O)NCCCS(=O)(=O)[O-])cc1.[Li+]. The van der Waals surface area contributed by atoms with Crippen molar-refractivity contribution in [1.29, 1.82) is 0 Å². The zero-order valence-corrected chi connectivity index (χ0v) is 15.0. The van der Waals surface area contributed by atoms with Crippen molar-refractivity contribution in [3.63, 3.8) is 0 Å². The number of hydrogen-bond acceptors (Lipinski definition) is 7. The maximum Gasteiger partial charge on any atom is 1.00 e. The molecular weight excluding hydrogens is 363 g/mol. The molecule has 0 aliphatic carbocycles. The van der Waals surface area contributed by atoms with Crippen molar-refractivity contribution >= 4 is 35.9 Å². The second kappa shape index (κ2) is 8.47. The molecule has 23 heavy (non-hydrogen) atoms. The summed E-state index contributed by atoms with van der Waals surface area (Å²) in [5, 5.41) is 0. The van der Waals surface area contributed by atoms with Crippen LogP contribution in [0.4, 0.5) is 5.69 Å². The standard InChI is InChI=1S/C10H16N2O7S3.Li/c1-20(13,14)12-9-3-5-10(6-4-9)22(18,19)11-7-2-8-21(15,16)17;/h3-6,11-12H,2,7-8H2,1H3,(H,15,16,17);/q;+1/p-1. The van der Waals surface area contributed by atoms with Gasteiger partial charge in [-0.3, -0.25) is 4.72 Å². The molecule has 1 aromatic rings. The molecule has 0 atom stereocenters. The summed E-state index contributed by atoms with van der Waals surface area (Å²) in [6.07, 6.45) is 0.821. The molecule has 0 aliphatic rings. The van der Waals surface area contributed by atoms with Crippen LogP contribution in [-0.4, -0.2) is 48.4 Å². The van der Waals surface area contributed by atoms with E-state index in [-0.39, 0.29) is 42.4 Å². The van der Waals surface area contributed by atoms with Crippen LogP contribution in [-0.2, 0) is 30.2 Å². The minimum Gasteiger partial charge on any atom is -0.748 e. The van der Waals surface area contributed by atoms with Gasteiger partial charge in [0.2, 0.25) is 20.0 Å². The van der Waals surface area contributed by atoms with E-state index in [1.54, 1.807) is 0 Å². The predicted molar refractivity (Wildman–Crippen MR) is 79.3 cm³/mol. The number of nitrogens with one attached hydrogen (secondary N) is 2. The molecule has 0 amide bonds. The van der Waals surface area contributed by atoms with Gasteiger partial charge in [-0.25, -0.2) is 30.0 Å². The third kappa shape index (κ3) is 9.31. The average molecular weight is 378 g/mol. The van der Waals surface area contributed by atoms with Crippen LogP contribution in [0.5, 0.6) is 0 Å². The molecule has 0 bridgehead atoms. The van der Waals surface area contributed by atoms with Crippen LogP contribution in [0.3, 0.4) is 0 Å². The van der Waals surface area contributed by atoms with E-state index in [0.717, 1.165) is 6.26 Å².